The highest BCUT2D eigenvalue weighted by Gasteiger charge is 1.97. The lowest BCUT2D eigenvalue weighted by atomic mass is 10.4. The van der Waals surface area contributed by atoms with Crippen molar-refractivity contribution in [3.8, 4) is 0 Å². The molecular weight excluding hydrogens is 202 g/mol. The molecule has 0 bridgehead atoms. The third-order valence-corrected chi connectivity index (χ3v) is 1.49. The fourth-order valence-corrected chi connectivity index (χ4v) is 0.767. The number of carbonyl (C=O) groups excluding carboxylic acids is 1. The first-order valence-corrected chi connectivity index (χ1v) is 4.80. The van der Waals surface area contributed by atoms with Crippen molar-refractivity contribution < 1.29 is 24.2 Å². The second-order valence-electron chi connectivity index (χ2n) is 2.76. The van der Waals surface area contributed by atoms with E-state index in [9.17, 15) is 9.59 Å². The van der Waals surface area contributed by atoms with Gasteiger partial charge in [0.2, 0.25) is 5.91 Å². The molecule has 0 radical (unpaired) electrons. The van der Waals surface area contributed by atoms with E-state index in [0.29, 0.717) is 26.2 Å². The number of amides is 1. The molecule has 0 rings (SSSR count). The monoisotopic (exact) mass is 219 g/mol. The zero-order chi connectivity index (χ0) is 11.5. The Morgan fingerprint density at radius 1 is 1.20 bits per heavy atom. The summed E-state index contributed by atoms with van der Waals surface area (Å²) in [5, 5.41) is 10.9. The summed E-state index contributed by atoms with van der Waals surface area (Å²) >= 11 is 0. The van der Waals surface area contributed by atoms with Crippen LogP contribution in [0.2, 0.25) is 0 Å². The molecule has 0 saturated heterocycles. The van der Waals surface area contributed by atoms with Crippen LogP contribution in [-0.4, -0.2) is 50.0 Å². The Kier molecular flexibility index (Phi) is 8.70. The number of carbonyl (C=O) groups is 2. The normalized spacial score (nSPS) is 9.93. The molecule has 0 aliphatic heterocycles. The third kappa shape index (κ3) is 10.8. The van der Waals surface area contributed by atoms with Crippen LogP contribution in [0.15, 0.2) is 0 Å². The van der Waals surface area contributed by atoms with Gasteiger partial charge in [0.15, 0.2) is 0 Å². The summed E-state index contributed by atoms with van der Waals surface area (Å²) < 4.78 is 9.81. The van der Waals surface area contributed by atoms with Crippen molar-refractivity contribution in [3.05, 3.63) is 0 Å². The summed E-state index contributed by atoms with van der Waals surface area (Å²) in [6.45, 7) is 2.91. The zero-order valence-electron chi connectivity index (χ0n) is 8.82. The van der Waals surface area contributed by atoms with E-state index in [0.717, 1.165) is 0 Å². The Labute approximate surface area is 88.6 Å². The van der Waals surface area contributed by atoms with Gasteiger partial charge in [0.1, 0.15) is 6.61 Å². The van der Waals surface area contributed by atoms with Gasteiger partial charge in [0, 0.05) is 13.0 Å². The molecule has 6 nitrogen and oxygen atoms in total. The summed E-state index contributed by atoms with van der Waals surface area (Å²) in [5.74, 6) is -1.01. The number of carboxylic acid groups (broad SMARTS) is 1. The van der Waals surface area contributed by atoms with Crippen LogP contribution in [0.1, 0.15) is 13.3 Å². The van der Waals surface area contributed by atoms with E-state index in [2.05, 4.69) is 5.32 Å². The number of carboxylic acids is 1. The number of hydrogen-bond acceptors (Lipinski definition) is 4. The Hall–Kier alpha value is -1.14. The summed E-state index contributed by atoms with van der Waals surface area (Å²) in [5.41, 5.74) is 0. The van der Waals surface area contributed by atoms with Crippen molar-refractivity contribution in [2.45, 2.75) is 13.3 Å². The van der Waals surface area contributed by atoms with E-state index < -0.39 is 5.97 Å². The minimum Gasteiger partial charge on any atom is -0.480 e. The molecule has 88 valence electrons. The quantitative estimate of drug-likeness (QED) is 0.517. The molecule has 0 unspecified atom stereocenters. The lowest BCUT2D eigenvalue weighted by Gasteiger charge is -2.05. The molecule has 6 heteroatoms. The molecule has 0 saturated carbocycles. The van der Waals surface area contributed by atoms with Crippen LogP contribution in [0.25, 0.3) is 0 Å². The van der Waals surface area contributed by atoms with Crippen LogP contribution in [0.3, 0.4) is 0 Å². The summed E-state index contributed by atoms with van der Waals surface area (Å²) in [6.07, 6.45) is 0.460. The predicted octanol–water partition coefficient (Wildman–Crippen LogP) is -0.370. The van der Waals surface area contributed by atoms with Crippen LogP contribution in [0, 0.1) is 0 Å². The fraction of sp³-hybridized carbons (Fsp3) is 0.778. The molecule has 15 heavy (non-hydrogen) atoms. The number of rotatable bonds is 9. The Bertz CT molecular complexity index is 195. The van der Waals surface area contributed by atoms with Crippen molar-refractivity contribution in [2.24, 2.45) is 0 Å². The lowest BCUT2D eigenvalue weighted by Crippen LogP contribution is -2.26. The van der Waals surface area contributed by atoms with E-state index in [1.807, 2.05) is 0 Å². The van der Waals surface area contributed by atoms with E-state index in [4.69, 9.17) is 14.6 Å². The molecule has 0 aromatic rings. The second kappa shape index (κ2) is 9.42. The highest BCUT2D eigenvalue weighted by molar-refractivity contribution is 5.75. The number of ether oxygens (including phenoxy) is 2. The summed E-state index contributed by atoms with van der Waals surface area (Å²) in [7, 11) is 0. The molecule has 1 amide bonds. The van der Waals surface area contributed by atoms with Gasteiger partial charge in [0.05, 0.1) is 19.8 Å². The van der Waals surface area contributed by atoms with Crippen LogP contribution < -0.4 is 5.32 Å². The third-order valence-electron chi connectivity index (χ3n) is 1.49. The Balaban J connectivity index is 3.05. The van der Waals surface area contributed by atoms with Crippen molar-refractivity contribution in [1.29, 1.82) is 0 Å². The SMILES string of the molecule is CCC(=O)NCCOCCOCC(=O)O. The molecule has 0 aliphatic carbocycles. The maximum Gasteiger partial charge on any atom is 0.329 e. The highest BCUT2D eigenvalue weighted by Crippen LogP contribution is 1.79. The van der Waals surface area contributed by atoms with Gasteiger partial charge in [-0.05, 0) is 0 Å². The van der Waals surface area contributed by atoms with Gasteiger partial charge >= 0.3 is 5.97 Å². The summed E-state index contributed by atoms with van der Waals surface area (Å²) in [4.78, 5) is 20.8. The molecule has 0 atom stereocenters. The number of hydrogen-bond donors (Lipinski definition) is 2. The average molecular weight is 219 g/mol. The minimum atomic E-state index is -0.995. The highest BCUT2D eigenvalue weighted by atomic mass is 16.5. The van der Waals surface area contributed by atoms with E-state index in [1.165, 1.54) is 0 Å². The first kappa shape index (κ1) is 13.9. The minimum absolute atomic E-state index is 0.0132. The van der Waals surface area contributed by atoms with Gasteiger partial charge in [-0.15, -0.1) is 0 Å². The zero-order valence-corrected chi connectivity index (χ0v) is 8.82. The van der Waals surface area contributed by atoms with Gasteiger partial charge in [-0.3, -0.25) is 4.79 Å². The summed E-state index contributed by atoms with van der Waals surface area (Å²) in [6, 6.07) is 0. The topological polar surface area (TPSA) is 84.9 Å². The molecule has 0 fully saturated rings. The molecular formula is C9H17NO5. The molecule has 0 heterocycles. The van der Waals surface area contributed by atoms with Gasteiger partial charge in [-0.1, -0.05) is 6.92 Å². The number of nitrogens with one attached hydrogen (secondary N) is 1. The van der Waals surface area contributed by atoms with Gasteiger partial charge < -0.3 is 19.9 Å². The van der Waals surface area contributed by atoms with E-state index in [1.54, 1.807) is 6.92 Å². The van der Waals surface area contributed by atoms with Crippen molar-refractivity contribution >= 4 is 11.9 Å². The Morgan fingerprint density at radius 3 is 2.47 bits per heavy atom. The van der Waals surface area contributed by atoms with E-state index >= 15 is 0 Å². The number of aliphatic carboxylic acids is 1. The smallest absolute Gasteiger partial charge is 0.329 e. The van der Waals surface area contributed by atoms with Crippen LogP contribution in [-0.2, 0) is 19.1 Å². The van der Waals surface area contributed by atoms with Gasteiger partial charge in [-0.25, -0.2) is 4.79 Å². The Morgan fingerprint density at radius 2 is 1.87 bits per heavy atom. The van der Waals surface area contributed by atoms with Crippen molar-refractivity contribution in [3.63, 3.8) is 0 Å². The lowest BCUT2D eigenvalue weighted by molar-refractivity contribution is -0.142. The van der Waals surface area contributed by atoms with Crippen LogP contribution in [0.5, 0.6) is 0 Å². The fourth-order valence-electron chi connectivity index (χ4n) is 0.767. The van der Waals surface area contributed by atoms with Crippen molar-refractivity contribution in [1.82, 2.24) is 5.32 Å². The maximum atomic E-state index is 10.8. The average Bonchev–Trinajstić information content (AvgIpc) is 2.21. The first-order valence-electron chi connectivity index (χ1n) is 4.80. The maximum absolute atomic E-state index is 10.8. The molecule has 0 aliphatic rings. The molecule has 0 aromatic carbocycles. The van der Waals surface area contributed by atoms with Gasteiger partial charge in [-0.2, -0.15) is 0 Å². The predicted molar refractivity (Wildman–Crippen MR) is 52.6 cm³/mol. The first-order chi connectivity index (χ1) is 7.16. The van der Waals surface area contributed by atoms with E-state index in [-0.39, 0.29) is 19.1 Å². The standard InChI is InChI=1S/C9H17NO5/c1-2-8(11)10-3-4-14-5-6-15-7-9(12)13/h2-7H2,1H3,(H,10,11)(H,12,13). The van der Waals surface area contributed by atoms with Crippen LogP contribution in [0.4, 0.5) is 0 Å². The molecule has 0 aromatic heterocycles. The van der Waals surface area contributed by atoms with Crippen molar-refractivity contribution in [2.75, 3.05) is 33.0 Å². The second-order valence-corrected chi connectivity index (χ2v) is 2.76. The molecule has 2 N–H and O–H groups in total. The molecule has 0 spiro atoms. The van der Waals surface area contributed by atoms with Gasteiger partial charge in [0.25, 0.3) is 0 Å². The largest absolute Gasteiger partial charge is 0.480 e. The van der Waals surface area contributed by atoms with Crippen LogP contribution >= 0.6 is 0 Å².